The number of rotatable bonds is 4. The number of anilines is 1. The Morgan fingerprint density at radius 1 is 1.38 bits per heavy atom. The monoisotopic (exact) mass is 348 g/mol. The summed E-state index contributed by atoms with van der Waals surface area (Å²) in [5.41, 5.74) is 1.03. The first-order valence-electron chi connectivity index (χ1n) is 7.99. The van der Waals surface area contributed by atoms with Gasteiger partial charge in [-0.3, -0.25) is 9.59 Å². The first-order chi connectivity index (χ1) is 11.4. The molecule has 2 aliphatic heterocycles. The van der Waals surface area contributed by atoms with Gasteiger partial charge in [0.25, 0.3) is 0 Å². The van der Waals surface area contributed by atoms with Gasteiger partial charge >= 0.3 is 5.97 Å². The minimum Gasteiger partial charge on any atom is -0.462 e. The van der Waals surface area contributed by atoms with E-state index in [2.05, 4.69) is 5.32 Å². The van der Waals surface area contributed by atoms with Crippen LogP contribution in [-0.4, -0.2) is 46.0 Å². The zero-order valence-electron chi connectivity index (χ0n) is 13.7. The molecule has 24 heavy (non-hydrogen) atoms. The molecule has 3 rings (SSSR count). The number of esters is 1. The van der Waals surface area contributed by atoms with Gasteiger partial charge in [0, 0.05) is 17.9 Å². The second-order valence-corrected chi connectivity index (χ2v) is 7.55. The van der Waals surface area contributed by atoms with Gasteiger partial charge in [0.05, 0.1) is 17.0 Å². The topological polar surface area (TPSA) is 75.7 Å². The number of fused-ring (bicyclic) bond motifs is 1. The van der Waals surface area contributed by atoms with Crippen LogP contribution < -0.4 is 5.32 Å². The smallest absolute Gasteiger partial charge is 0.338 e. The summed E-state index contributed by atoms with van der Waals surface area (Å²) in [4.78, 5) is 37.7. The van der Waals surface area contributed by atoms with E-state index in [0.29, 0.717) is 30.0 Å². The van der Waals surface area contributed by atoms with Crippen LogP contribution in [0, 0.1) is 0 Å². The fourth-order valence-corrected chi connectivity index (χ4v) is 4.58. The number of nitrogens with zero attached hydrogens (tertiary/aromatic N) is 1. The Labute approximate surface area is 144 Å². The number of hydrogen-bond donors (Lipinski definition) is 1. The highest BCUT2D eigenvalue weighted by molar-refractivity contribution is 8.01. The summed E-state index contributed by atoms with van der Waals surface area (Å²) < 4.78 is 4.93. The van der Waals surface area contributed by atoms with Gasteiger partial charge in [-0.2, -0.15) is 0 Å². The van der Waals surface area contributed by atoms with Gasteiger partial charge in [-0.15, -0.1) is 11.8 Å². The van der Waals surface area contributed by atoms with Crippen LogP contribution in [-0.2, 0) is 14.3 Å². The minimum atomic E-state index is -0.445. The largest absolute Gasteiger partial charge is 0.462 e. The Hall–Kier alpha value is -2.02. The Balaban J connectivity index is 1.67. The standard InChI is InChI=1S/C17H20N2O4S/c1-3-23-16(22)11-4-6-12(7-5-11)18-15(21)13-10-24-17(2)9-8-14(20)19(13)17/h4-7,13H,3,8-10H2,1-2H3,(H,18,21)/t13-,17+/m0/s1. The lowest BCUT2D eigenvalue weighted by atomic mass is 10.2. The number of hydrogen-bond acceptors (Lipinski definition) is 5. The van der Waals surface area contributed by atoms with Crippen LogP contribution in [0.25, 0.3) is 0 Å². The third-order valence-electron chi connectivity index (χ3n) is 4.41. The molecule has 0 aliphatic carbocycles. The van der Waals surface area contributed by atoms with E-state index in [1.165, 1.54) is 0 Å². The number of carbonyl (C=O) groups excluding carboxylic acids is 3. The minimum absolute atomic E-state index is 0.0420. The van der Waals surface area contributed by atoms with Crippen molar-refractivity contribution in [3.63, 3.8) is 0 Å². The van der Waals surface area contributed by atoms with Crippen molar-refractivity contribution in [1.29, 1.82) is 0 Å². The first kappa shape index (κ1) is 16.8. The van der Waals surface area contributed by atoms with Gasteiger partial charge in [0.1, 0.15) is 6.04 Å². The Morgan fingerprint density at radius 2 is 2.08 bits per heavy atom. The maximum atomic E-state index is 12.6. The molecule has 6 nitrogen and oxygen atoms in total. The van der Waals surface area contributed by atoms with Crippen LogP contribution in [0.2, 0.25) is 0 Å². The molecule has 128 valence electrons. The highest BCUT2D eigenvalue weighted by Crippen LogP contribution is 2.47. The summed E-state index contributed by atoms with van der Waals surface area (Å²) in [5, 5.41) is 2.83. The summed E-state index contributed by atoms with van der Waals surface area (Å²) >= 11 is 1.66. The van der Waals surface area contributed by atoms with Gasteiger partial charge in [0.2, 0.25) is 11.8 Å². The van der Waals surface area contributed by atoms with Crippen molar-refractivity contribution in [1.82, 2.24) is 4.90 Å². The lowest BCUT2D eigenvalue weighted by Crippen LogP contribution is -2.48. The van der Waals surface area contributed by atoms with Crippen molar-refractivity contribution in [3.8, 4) is 0 Å². The SMILES string of the molecule is CCOC(=O)c1ccc(NC(=O)[C@@H]2CS[C@]3(C)CCC(=O)N23)cc1. The van der Waals surface area contributed by atoms with E-state index in [0.717, 1.165) is 6.42 Å². The highest BCUT2D eigenvalue weighted by atomic mass is 32.2. The van der Waals surface area contributed by atoms with E-state index < -0.39 is 6.04 Å². The molecule has 0 bridgehead atoms. The van der Waals surface area contributed by atoms with E-state index >= 15 is 0 Å². The summed E-state index contributed by atoms with van der Waals surface area (Å²) in [6.45, 7) is 4.09. The van der Waals surface area contributed by atoms with Gasteiger partial charge < -0.3 is 15.0 Å². The molecule has 1 N–H and O–H groups in total. The first-order valence-corrected chi connectivity index (χ1v) is 8.97. The average molecular weight is 348 g/mol. The van der Waals surface area contributed by atoms with Crippen LogP contribution in [0.4, 0.5) is 5.69 Å². The fraction of sp³-hybridized carbons (Fsp3) is 0.471. The predicted octanol–water partition coefficient (Wildman–Crippen LogP) is 2.26. The molecule has 2 amide bonds. The van der Waals surface area contributed by atoms with Crippen LogP contribution >= 0.6 is 11.8 Å². The number of amides is 2. The molecular weight excluding hydrogens is 328 g/mol. The third kappa shape index (κ3) is 3.00. The summed E-state index contributed by atoms with van der Waals surface area (Å²) in [5.74, 6) is 0.0706. The van der Waals surface area contributed by atoms with Gasteiger partial charge in [-0.05, 0) is 44.5 Å². The quantitative estimate of drug-likeness (QED) is 0.845. The number of thioether (sulfide) groups is 1. The molecule has 0 unspecified atom stereocenters. The molecule has 1 aromatic carbocycles. The third-order valence-corrected chi connectivity index (χ3v) is 5.92. The van der Waals surface area contributed by atoms with Crippen molar-refractivity contribution in [2.24, 2.45) is 0 Å². The Bertz CT molecular complexity index is 676. The van der Waals surface area contributed by atoms with Gasteiger partial charge in [-0.25, -0.2) is 4.79 Å². The summed E-state index contributed by atoms with van der Waals surface area (Å²) in [7, 11) is 0. The number of benzene rings is 1. The van der Waals surface area contributed by atoms with Gasteiger partial charge in [-0.1, -0.05) is 0 Å². The number of ether oxygens (including phenoxy) is 1. The van der Waals surface area contributed by atoms with Crippen molar-refractivity contribution in [3.05, 3.63) is 29.8 Å². The molecule has 0 spiro atoms. The fourth-order valence-electron chi connectivity index (χ4n) is 3.14. The normalized spacial score (nSPS) is 25.5. The van der Waals surface area contributed by atoms with Crippen LogP contribution in [0.1, 0.15) is 37.0 Å². The molecule has 0 radical (unpaired) electrons. The van der Waals surface area contributed by atoms with Crippen LogP contribution in [0.5, 0.6) is 0 Å². The average Bonchev–Trinajstić information content (AvgIpc) is 3.05. The lowest BCUT2D eigenvalue weighted by Gasteiger charge is -2.29. The highest BCUT2D eigenvalue weighted by Gasteiger charge is 2.52. The summed E-state index contributed by atoms with van der Waals surface area (Å²) in [6.07, 6.45) is 1.29. The van der Waals surface area contributed by atoms with Crippen molar-refractivity contribution in [2.75, 3.05) is 17.7 Å². The van der Waals surface area contributed by atoms with Crippen LogP contribution in [0.15, 0.2) is 24.3 Å². The van der Waals surface area contributed by atoms with Crippen LogP contribution in [0.3, 0.4) is 0 Å². The molecule has 2 heterocycles. The lowest BCUT2D eigenvalue weighted by molar-refractivity contribution is -0.135. The molecule has 0 saturated carbocycles. The molecule has 2 aliphatic rings. The Morgan fingerprint density at radius 3 is 2.75 bits per heavy atom. The van der Waals surface area contributed by atoms with E-state index in [4.69, 9.17) is 4.74 Å². The molecule has 0 aromatic heterocycles. The molecule has 1 aromatic rings. The van der Waals surface area contributed by atoms with Crippen molar-refractivity contribution >= 4 is 35.2 Å². The predicted molar refractivity (Wildman–Crippen MR) is 91.8 cm³/mol. The number of carbonyl (C=O) groups is 3. The number of nitrogens with one attached hydrogen (secondary N) is 1. The summed E-state index contributed by atoms with van der Waals surface area (Å²) in [6, 6.07) is 6.11. The maximum absolute atomic E-state index is 12.6. The van der Waals surface area contributed by atoms with E-state index in [1.807, 2.05) is 6.92 Å². The van der Waals surface area contributed by atoms with Crippen molar-refractivity contribution < 1.29 is 19.1 Å². The van der Waals surface area contributed by atoms with E-state index in [-0.39, 0.29) is 22.7 Å². The molecular formula is C17H20N2O4S. The Kier molecular flexibility index (Phi) is 4.54. The second-order valence-electron chi connectivity index (χ2n) is 6.05. The molecule has 2 atom stereocenters. The van der Waals surface area contributed by atoms with Crippen molar-refractivity contribution in [2.45, 2.75) is 37.6 Å². The second kappa shape index (κ2) is 6.47. The molecule has 2 saturated heterocycles. The zero-order valence-corrected chi connectivity index (χ0v) is 14.5. The molecule has 2 fully saturated rings. The van der Waals surface area contributed by atoms with E-state index in [9.17, 15) is 14.4 Å². The van der Waals surface area contributed by atoms with E-state index in [1.54, 1.807) is 47.9 Å². The maximum Gasteiger partial charge on any atom is 0.338 e. The zero-order chi connectivity index (χ0) is 17.3. The van der Waals surface area contributed by atoms with Gasteiger partial charge in [0.15, 0.2) is 0 Å². The molecule has 7 heteroatoms.